The molecular weight excluding hydrogens is 541 g/mol. The smallest absolute Gasteiger partial charge is 0.484 e. The van der Waals surface area contributed by atoms with E-state index < -0.39 is 23.8 Å². The highest BCUT2D eigenvalue weighted by Gasteiger charge is 2.38. The maximum absolute atomic E-state index is 13.2. The first-order chi connectivity index (χ1) is 18.8. The summed E-state index contributed by atoms with van der Waals surface area (Å²) in [7, 11) is 3.92. The summed E-state index contributed by atoms with van der Waals surface area (Å²) in [5.74, 6) is -3.42. The van der Waals surface area contributed by atoms with Crippen LogP contribution in [0.3, 0.4) is 0 Å². The van der Waals surface area contributed by atoms with E-state index in [0.717, 1.165) is 54.5 Å². The minimum atomic E-state index is -5.08. The lowest BCUT2D eigenvalue weighted by Crippen LogP contribution is -2.42. The van der Waals surface area contributed by atoms with E-state index in [4.69, 9.17) is 19.6 Å². The number of nitrogens with zero attached hydrogens (tertiary/aromatic N) is 3. The third-order valence-corrected chi connectivity index (χ3v) is 5.94. The Labute approximate surface area is 226 Å². The van der Waals surface area contributed by atoms with Gasteiger partial charge in [-0.1, -0.05) is 12.1 Å². The van der Waals surface area contributed by atoms with Crippen LogP contribution < -0.4 is 20.3 Å². The van der Waals surface area contributed by atoms with E-state index in [9.17, 15) is 26.7 Å². The number of hydrogen-bond donors (Lipinski definition) is 3. The number of fused-ring (bicyclic) bond motifs is 1. The van der Waals surface area contributed by atoms with Crippen molar-refractivity contribution in [3.8, 4) is 5.75 Å². The van der Waals surface area contributed by atoms with Crippen LogP contribution in [0.5, 0.6) is 5.75 Å². The molecule has 1 amide bonds. The Morgan fingerprint density at radius 3 is 2.23 bits per heavy atom. The lowest BCUT2D eigenvalue weighted by Gasteiger charge is -2.30. The molecule has 1 aliphatic carbocycles. The number of halogens is 5. The first-order valence-electron chi connectivity index (χ1n) is 12.2. The van der Waals surface area contributed by atoms with Crippen LogP contribution in [0.15, 0.2) is 42.5 Å². The second-order valence-corrected chi connectivity index (χ2v) is 9.21. The van der Waals surface area contributed by atoms with Crippen LogP contribution in [0, 0.1) is 11.6 Å². The Kier molecular flexibility index (Phi) is 10.0. The molecule has 1 fully saturated rings. The number of para-hydroxylation sites is 1. The minimum absolute atomic E-state index is 0.0407. The molecule has 2 aromatic carbocycles. The molecule has 14 heteroatoms. The molecule has 0 unspecified atom stereocenters. The zero-order valence-electron chi connectivity index (χ0n) is 21.6. The van der Waals surface area contributed by atoms with Gasteiger partial charge in [0.15, 0.2) is 18.2 Å². The Morgan fingerprint density at radius 2 is 1.62 bits per heavy atom. The number of aliphatic carboxylic acids is 1. The van der Waals surface area contributed by atoms with Crippen LogP contribution in [0.1, 0.15) is 25.7 Å². The SMILES string of the molecule is CN(C)c1nc(NC2CCC(NC(=O)COc3ccc(F)c(F)c3)CC2)nc2ccccc12.O=C(O)C(F)(F)F. The maximum Gasteiger partial charge on any atom is 0.490 e. The number of hydrogen-bond acceptors (Lipinski definition) is 7. The number of carboxylic acid groups (broad SMARTS) is 1. The van der Waals surface area contributed by atoms with Gasteiger partial charge in [0, 0.05) is 37.6 Å². The van der Waals surface area contributed by atoms with Gasteiger partial charge in [-0.05, 0) is 49.9 Å². The summed E-state index contributed by atoms with van der Waals surface area (Å²) in [4.78, 5) is 32.4. The fourth-order valence-corrected chi connectivity index (χ4v) is 4.01. The zero-order chi connectivity index (χ0) is 29.4. The highest BCUT2D eigenvalue weighted by atomic mass is 19.4. The first-order valence-corrected chi connectivity index (χ1v) is 12.2. The molecule has 1 aliphatic rings. The van der Waals surface area contributed by atoms with E-state index in [1.165, 1.54) is 6.07 Å². The van der Waals surface area contributed by atoms with Crippen molar-refractivity contribution in [2.45, 2.75) is 43.9 Å². The van der Waals surface area contributed by atoms with Crippen molar-refractivity contribution < 1.29 is 41.4 Å². The molecule has 3 aromatic rings. The van der Waals surface area contributed by atoms with E-state index >= 15 is 0 Å². The van der Waals surface area contributed by atoms with E-state index in [0.29, 0.717) is 5.95 Å². The van der Waals surface area contributed by atoms with Crippen LogP contribution in [0.2, 0.25) is 0 Å². The normalized spacial score (nSPS) is 16.9. The number of ether oxygens (including phenoxy) is 1. The number of anilines is 2. The van der Waals surface area contributed by atoms with Gasteiger partial charge in [0.25, 0.3) is 5.91 Å². The number of rotatable bonds is 7. The number of aromatic nitrogens is 2. The molecule has 3 N–H and O–H groups in total. The second kappa shape index (κ2) is 13.2. The van der Waals surface area contributed by atoms with Crippen LogP contribution >= 0.6 is 0 Å². The van der Waals surface area contributed by atoms with Gasteiger partial charge in [-0.25, -0.2) is 18.6 Å². The summed E-state index contributed by atoms with van der Waals surface area (Å²) in [6, 6.07) is 11.4. The van der Waals surface area contributed by atoms with Gasteiger partial charge in [-0.15, -0.1) is 0 Å². The van der Waals surface area contributed by atoms with Gasteiger partial charge < -0.3 is 25.4 Å². The van der Waals surface area contributed by atoms with Crippen LogP contribution in [0.25, 0.3) is 10.9 Å². The van der Waals surface area contributed by atoms with Gasteiger partial charge in [-0.2, -0.15) is 18.2 Å². The number of carbonyl (C=O) groups excluding carboxylic acids is 1. The molecule has 0 saturated heterocycles. The Morgan fingerprint density at radius 1 is 1.00 bits per heavy atom. The van der Waals surface area contributed by atoms with Crippen molar-refractivity contribution in [2.75, 3.05) is 30.9 Å². The standard InChI is InChI=1S/C24H27F2N5O2.C2HF3O2/c1-31(2)23-18-5-3-4-6-21(18)29-24(30-23)28-16-9-7-15(8-10-16)27-22(32)14-33-17-11-12-19(25)20(26)13-17;3-2(4,5)1(6)7/h3-6,11-13,15-16H,7-10,14H2,1-2H3,(H,27,32)(H,28,29,30);(H,6,7). The molecule has 40 heavy (non-hydrogen) atoms. The van der Waals surface area contributed by atoms with Gasteiger partial charge in [0.1, 0.15) is 11.6 Å². The molecule has 216 valence electrons. The average Bonchev–Trinajstić information content (AvgIpc) is 2.90. The number of amides is 1. The summed E-state index contributed by atoms with van der Waals surface area (Å²) in [5, 5.41) is 14.5. The lowest BCUT2D eigenvalue weighted by atomic mass is 9.91. The van der Waals surface area contributed by atoms with Crippen molar-refractivity contribution in [3.05, 3.63) is 54.1 Å². The van der Waals surface area contributed by atoms with E-state index in [2.05, 4.69) is 15.6 Å². The average molecular weight is 570 g/mol. The van der Waals surface area contributed by atoms with Crippen LogP contribution in [-0.2, 0) is 9.59 Å². The largest absolute Gasteiger partial charge is 0.490 e. The highest BCUT2D eigenvalue weighted by molar-refractivity contribution is 5.90. The van der Waals surface area contributed by atoms with Crippen molar-refractivity contribution in [2.24, 2.45) is 0 Å². The van der Waals surface area contributed by atoms with Crippen molar-refractivity contribution >= 4 is 34.5 Å². The molecule has 0 spiro atoms. The molecule has 4 rings (SSSR count). The number of carbonyl (C=O) groups is 2. The fourth-order valence-electron chi connectivity index (χ4n) is 4.01. The predicted octanol–water partition coefficient (Wildman–Crippen LogP) is 4.53. The molecule has 0 aliphatic heterocycles. The molecule has 9 nitrogen and oxygen atoms in total. The number of carboxylic acids is 1. The maximum atomic E-state index is 13.2. The lowest BCUT2D eigenvalue weighted by molar-refractivity contribution is -0.192. The molecule has 0 atom stereocenters. The molecule has 1 heterocycles. The zero-order valence-corrected chi connectivity index (χ0v) is 21.6. The van der Waals surface area contributed by atoms with E-state index in [1.54, 1.807) is 0 Å². The summed E-state index contributed by atoms with van der Waals surface area (Å²) in [6.45, 7) is -0.249. The van der Waals surface area contributed by atoms with Gasteiger partial charge >= 0.3 is 12.1 Å². The molecule has 0 radical (unpaired) electrons. The molecule has 1 saturated carbocycles. The topological polar surface area (TPSA) is 117 Å². The predicted molar refractivity (Wildman–Crippen MR) is 137 cm³/mol. The quantitative estimate of drug-likeness (QED) is 0.356. The monoisotopic (exact) mass is 569 g/mol. The number of alkyl halides is 3. The van der Waals surface area contributed by atoms with Gasteiger partial charge in [-0.3, -0.25) is 4.79 Å². The Hall–Kier alpha value is -4.23. The van der Waals surface area contributed by atoms with Crippen LogP contribution in [0.4, 0.5) is 33.7 Å². The van der Waals surface area contributed by atoms with Gasteiger partial charge in [0.2, 0.25) is 5.95 Å². The van der Waals surface area contributed by atoms with Crippen molar-refractivity contribution in [1.29, 1.82) is 0 Å². The summed E-state index contributed by atoms with van der Waals surface area (Å²) >= 11 is 0. The third kappa shape index (κ3) is 8.64. The Bertz CT molecular complexity index is 1330. The summed E-state index contributed by atoms with van der Waals surface area (Å²) in [5.41, 5.74) is 0.890. The highest BCUT2D eigenvalue weighted by Crippen LogP contribution is 2.26. The van der Waals surface area contributed by atoms with E-state index in [1.807, 2.05) is 43.3 Å². The number of benzene rings is 2. The summed E-state index contributed by atoms with van der Waals surface area (Å²) in [6.07, 6.45) is -1.74. The van der Waals surface area contributed by atoms with Crippen molar-refractivity contribution in [3.63, 3.8) is 0 Å². The van der Waals surface area contributed by atoms with Crippen molar-refractivity contribution in [1.82, 2.24) is 15.3 Å². The number of nitrogens with one attached hydrogen (secondary N) is 2. The minimum Gasteiger partial charge on any atom is -0.484 e. The van der Waals surface area contributed by atoms with Crippen LogP contribution in [-0.4, -0.2) is 65.9 Å². The first kappa shape index (κ1) is 30.3. The molecule has 0 bridgehead atoms. The second-order valence-electron chi connectivity index (χ2n) is 9.21. The fraction of sp³-hybridized carbons (Fsp3) is 0.385. The molecule has 1 aromatic heterocycles. The summed E-state index contributed by atoms with van der Waals surface area (Å²) < 4.78 is 63.2. The Balaban J connectivity index is 0.000000559. The van der Waals surface area contributed by atoms with Gasteiger partial charge in [0.05, 0.1) is 5.52 Å². The molecular formula is C26H28F5N5O4. The van der Waals surface area contributed by atoms with E-state index in [-0.39, 0.29) is 30.3 Å². The third-order valence-electron chi connectivity index (χ3n) is 5.94.